The number of carbonyl (C=O) groups excluding carboxylic acids is 1. The highest BCUT2D eigenvalue weighted by Gasteiger charge is 2.17. The normalized spacial score (nSPS) is 10.9. The van der Waals surface area contributed by atoms with Crippen molar-refractivity contribution in [2.45, 2.75) is 0 Å². The molecule has 1 amide bonds. The van der Waals surface area contributed by atoms with Crippen LogP contribution < -0.4 is 5.32 Å². The van der Waals surface area contributed by atoms with Crippen molar-refractivity contribution >= 4 is 67.8 Å². The average molecular weight is 433 g/mol. The van der Waals surface area contributed by atoms with Gasteiger partial charge in [-0.15, -0.1) is 11.3 Å². The number of amides is 1. The monoisotopic (exact) mass is 431 g/mol. The van der Waals surface area contributed by atoms with Crippen LogP contribution in [0.3, 0.4) is 0 Å². The van der Waals surface area contributed by atoms with Crippen molar-refractivity contribution in [3.63, 3.8) is 0 Å². The fraction of sp³-hybridized carbons (Fsp3) is 0. The molecule has 0 saturated heterocycles. The lowest BCUT2D eigenvalue weighted by molar-refractivity contribution is 0.103. The lowest BCUT2D eigenvalue weighted by Crippen LogP contribution is -2.10. The first-order valence-corrected chi connectivity index (χ1v) is 10.0. The van der Waals surface area contributed by atoms with Crippen LogP contribution in [0.2, 0.25) is 15.1 Å². The number of halogens is 3. The molecule has 1 N–H and O–H groups in total. The molecule has 27 heavy (non-hydrogen) atoms. The molecule has 0 unspecified atom stereocenters. The van der Waals surface area contributed by atoms with Gasteiger partial charge in [-0.1, -0.05) is 65.1 Å². The number of thiophene rings is 1. The van der Waals surface area contributed by atoms with Crippen molar-refractivity contribution in [2.24, 2.45) is 0 Å². The fourth-order valence-electron chi connectivity index (χ4n) is 2.76. The van der Waals surface area contributed by atoms with E-state index in [1.54, 1.807) is 6.07 Å². The van der Waals surface area contributed by atoms with Crippen LogP contribution in [-0.4, -0.2) is 5.91 Å². The van der Waals surface area contributed by atoms with Crippen molar-refractivity contribution < 1.29 is 4.79 Å². The summed E-state index contributed by atoms with van der Waals surface area (Å²) in [6.45, 7) is 0. The standard InChI is InChI=1S/C21H12Cl3NOS/c22-14-5-1-12(2-6-14)13-3-8-16(9-4-13)25-21(26)20-19(24)17-10-7-15(23)11-18(17)27-20/h1-11H,(H,25,26). The molecule has 6 heteroatoms. The number of rotatable bonds is 3. The molecule has 1 aromatic heterocycles. The molecule has 0 radical (unpaired) electrons. The van der Waals surface area contributed by atoms with E-state index < -0.39 is 0 Å². The Bertz CT molecular complexity index is 1130. The van der Waals surface area contributed by atoms with Gasteiger partial charge in [-0.25, -0.2) is 0 Å². The maximum atomic E-state index is 12.6. The molecule has 0 spiro atoms. The van der Waals surface area contributed by atoms with Gasteiger partial charge >= 0.3 is 0 Å². The Hall–Kier alpha value is -2.04. The third-order valence-electron chi connectivity index (χ3n) is 4.12. The van der Waals surface area contributed by atoms with E-state index in [2.05, 4.69) is 5.32 Å². The summed E-state index contributed by atoms with van der Waals surface area (Å²) in [5.74, 6) is -0.239. The fourth-order valence-corrected chi connectivity index (χ4v) is 4.58. The first-order chi connectivity index (χ1) is 13.0. The van der Waals surface area contributed by atoms with Crippen LogP contribution in [-0.2, 0) is 0 Å². The average Bonchev–Trinajstić information content (AvgIpc) is 2.99. The Balaban J connectivity index is 1.56. The summed E-state index contributed by atoms with van der Waals surface area (Å²) in [6.07, 6.45) is 0. The maximum absolute atomic E-state index is 12.6. The second kappa shape index (κ2) is 7.53. The zero-order valence-corrected chi connectivity index (χ0v) is 16.9. The highest BCUT2D eigenvalue weighted by Crippen LogP contribution is 2.37. The number of benzene rings is 3. The Morgan fingerprint density at radius 3 is 2.04 bits per heavy atom. The van der Waals surface area contributed by atoms with E-state index in [0.717, 1.165) is 21.2 Å². The van der Waals surface area contributed by atoms with Gasteiger partial charge in [-0.2, -0.15) is 0 Å². The Labute approximate surface area is 175 Å². The summed E-state index contributed by atoms with van der Waals surface area (Å²) in [5.41, 5.74) is 2.80. The number of fused-ring (bicyclic) bond motifs is 1. The molecule has 1 heterocycles. The molecule has 0 aliphatic heterocycles. The van der Waals surface area contributed by atoms with Crippen LogP contribution in [0, 0.1) is 0 Å². The van der Waals surface area contributed by atoms with E-state index in [1.165, 1.54) is 11.3 Å². The van der Waals surface area contributed by atoms with Crippen molar-refractivity contribution in [3.05, 3.63) is 86.7 Å². The van der Waals surface area contributed by atoms with E-state index in [9.17, 15) is 4.79 Å². The van der Waals surface area contributed by atoms with Crippen molar-refractivity contribution in [1.82, 2.24) is 0 Å². The highest BCUT2D eigenvalue weighted by atomic mass is 35.5. The van der Waals surface area contributed by atoms with Gasteiger partial charge < -0.3 is 5.32 Å². The summed E-state index contributed by atoms with van der Waals surface area (Å²) < 4.78 is 0.885. The minimum absolute atomic E-state index is 0.239. The molecule has 0 atom stereocenters. The molecule has 0 bridgehead atoms. The lowest BCUT2D eigenvalue weighted by atomic mass is 10.1. The van der Waals surface area contributed by atoms with Gasteiger partial charge in [0.05, 0.1) is 5.02 Å². The van der Waals surface area contributed by atoms with Gasteiger partial charge in [0.25, 0.3) is 5.91 Å². The predicted octanol–water partition coefficient (Wildman–Crippen LogP) is 7.78. The molecule has 3 aromatic carbocycles. The van der Waals surface area contributed by atoms with Crippen LogP contribution in [0.25, 0.3) is 21.2 Å². The third-order valence-corrected chi connectivity index (χ3v) is 6.26. The zero-order chi connectivity index (χ0) is 19.0. The van der Waals surface area contributed by atoms with Crippen LogP contribution in [0.15, 0.2) is 66.7 Å². The second-order valence-electron chi connectivity index (χ2n) is 5.92. The zero-order valence-electron chi connectivity index (χ0n) is 13.8. The van der Waals surface area contributed by atoms with Crippen LogP contribution >= 0.6 is 46.1 Å². The summed E-state index contributed by atoms with van der Waals surface area (Å²) in [4.78, 5) is 13.1. The largest absolute Gasteiger partial charge is 0.321 e. The highest BCUT2D eigenvalue weighted by molar-refractivity contribution is 7.21. The third kappa shape index (κ3) is 3.83. The molecule has 4 aromatic rings. The minimum Gasteiger partial charge on any atom is -0.321 e. The molecule has 0 aliphatic carbocycles. The number of carbonyl (C=O) groups is 1. The molecule has 2 nitrogen and oxygen atoms in total. The quantitative estimate of drug-likeness (QED) is 0.352. The SMILES string of the molecule is O=C(Nc1ccc(-c2ccc(Cl)cc2)cc1)c1sc2cc(Cl)ccc2c1Cl. The van der Waals surface area contributed by atoms with Gasteiger partial charge in [-0.05, 0) is 47.5 Å². The van der Waals surface area contributed by atoms with Gasteiger partial charge in [-0.3, -0.25) is 4.79 Å². The smallest absolute Gasteiger partial charge is 0.267 e. The van der Waals surface area contributed by atoms with Crippen LogP contribution in [0.1, 0.15) is 9.67 Å². The lowest BCUT2D eigenvalue weighted by Gasteiger charge is -2.06. The molecule has 134 valence electrons. The Morgan fingerprint density at radius 1 is 0.778 bits per heavy atom. The number of hydrogen-bond donors (Lipinski definition) is 1. The number of anilines is 1. The van der Waals surface area contributed by atoms with Crippen LogP contribution in [0.5, 0.6) is 0 Å². The van der Waals surface area contributed by atoms with Gasteiger partial charge in [0.1, 0.15) is 4.88 Å². The number of hydrogen-bond acceptors (Lipinski definition) is 2. The van der Waals surface area contributed by atoms with E-state index >= 15 is 0 Å². The molecule has 4 rings (SSSR count). The first kappa shape index (κ1) is 18.3. The molecule has 0 saturated carbocycles. The molecule has 0 aliphatic rings. The van der Waals surface area contributed by atoms with Gasteiger partial charge in [0, 0.05) is 25.8 Å². The van der Waals surface area contributed by atoms with E-state index in [0.29, 0.717) is 25.6 Å². The predicted molar refractivity (Wildman–Crippen MR) is 117 cm³/mol. The summed E-state index contributed by atoms with van der Waals surface area (Å²) in [5, 5.41) is 5.48. The topological polar surface area (TPSA) is 29.1 Å². The molecule has 0 fully saturated rings. The second-order valence-corrected chi connectivity index (χ2v) is 8.23. The van der Waals surface area contributed by atoms with Gasteiger partial charge in [0.15, 0.2) is 0 Å². The molecular weight excluding hydrogens is 421 g/mol. The Morgan fingerprint density at radius 2 is 1.37 bits per heavy atom. The summed E-state index contributed by atoms with van der Waals surface area (Å²) in [7, 11) is 0. The van der Waals surface area contributed by atoms with Gasteiger partial charge in [0.2, 0.25) is 0 Å². The van der Waals surface area contributed by atoms with Crippen molar-refractivity contribution in [3.8, 4) is 11.1 Å². The summed E-state index contributed by atoms with van der Waals surface area (Å²) in [6, 6.07) is 20.6. The van der Waals surface area contributed by atoms with E-state index in [4.69, 9.17) is 34.8 Å². The maximum Gasteiger partial charge on any atom is 0.267 e. The molecular formula is C21H12Cl3NOS. The first-order valence-electron chi connectivity index (χ1n) is 8.06. The summed E-state index contributed by atoms with van der Waals surface area (Å²) >= 11 is 19.7. The minimum atomic E-state index is -0.239. The van der Waals surface area contributed by atoms with Crippen molar-refractivity contribution in [1.29, 1.82) is 0 Å². The van der Waals surface area contributed by atoms with Crippen molar-refractivity contribution in [2.75, 3.05) is 5.32 Å². The number of nitrogens with one attached hydrogen (secondary N) is 1. The van der Waals surface area contributed by atoms with E-state index in [1.807, 2.05) is 60.7 Å². The van der Waals surface area contributed by atoms with E-state index in [-0.39, 0.29) is 5.91 Å². The van der Waals surface area contributed by atoms with Crippen LogP contribution in [0.4, 0.5) is 5.69 Å². The Kier molecular flexibility index (Phi) is 5.11.